The Bertz CT molecular complexity index is 656. The van der Waals surface area contributed by atoms with Gasteiger partial charge in [0.15, 0.2) is 0 Å². The summed E-state index contributed by atoms with van der Waals surface area (Å²) in [6.07, 6.45) is 0.673. The number of para-hydroxylation sites is 1. The van der Waals surface area contributed by atoms with Crippen molar-refractivity contribution >= 4 is 27.5 Å². The van der Waals surface area contributed by atoms with Gasteiger partial charge >= 0.3 is 0 Å². The topological polar surface area (TPSA) is 54.9 Å². The summed E-state index contributed by atoms with van der Waals surface area (Å²) in [5, 5.41) is 11.1. The van der Waals surface area contributed by atoms with Crippen LogP contribution in [0.25, 0.3) is 0 Å². The smallest absolute Gasteiger partial charge is 0.257 e. The summed E-state index contributed by atoms with van der Waals surface area (Å²) in [5.41, 5.74) is 3.88. The lowest BCUT2D eigenvalue weighted by Gasteiger charge is -2.13. The second kappa shape index (κ2) is 6.80. The van der Waals surface area contributed by atoms with Gasteiger partial charge in [-0.25, -0.2) is 0 Å². The van der Waals surface area contributed by atoms with Crippen molar-refractivity contribution in [3.63, 3.8) is 0 Å². The molecule has 1 atom stereocenters. The zero-order chi connectivity index (χ0) is 15.4. The van der Waals surface area contributed by atoms with E-state index in [9.17, 15) is 4.79 Å². The molecule has 110 valence electrons. The van der Waals surface area contributed by atoms with Crippen LogP contribution >= 0.6 is 15.9 Å². The van der Waals surface area contributed by atoms with Gasteiger partial charge in [-0.05, 0) is 38.0 Å². The van der Waals surface area contributed by atoms with Crippen LogP contribution < -0.4 is 5.32 Å². The van der Waals surface area contributed by atoms with Gasteiger partial charge in [-0.1, -0.05) is 41.1 Å². The Morgan fingerprint density at radius 2 is 2.05 bits per heavy atom. The van der Waals surface area contributed by atoms with Crippen LogP contribution in [0.5, 0.6) is 0 Å². The average molecular weight is 348 g/mol. The second-order valence-corrected chi connectivity index (χ2v) is 6.23. The van der Waals surface area contributed by atoms with Gasteiger partial charge in [0.1, 0.15) is 0 Å². The molecule has 0 saturated heterocycles. The summed E-state index contributed by atoms with van der Waals surface area (Å²) in [7, 11) is 0. The minimum absolute atomic E-state index is 0.148. The third kappa shape index (κ3) is 3.67. The summed E-state index contributed by atoms with van der Waals surface area (Å²) in [5.74, 6) is -0.148. The number of halogens is 1. The number of nitrogens with one attached hydrogen (secondary N) is 1. The van der Waals surface area contributed by atoms with Crippen LogP contribution in [0, 0.1) is 6.92 Å². The number of alkyl halides is 1. The molecule has 0 saturated carbocycles. The molecular formula is C16H18BrN3O. The molecule has 1 heterocycles. The highest BCUT2D eigenvalue weighted by molar-refractivity contribution is 9.09. The van der Waals surface area contributed by atoms with Crippen molar-refractivity contribution in [1.82, 2.24) is 10.2 Å². The molecule has 5 heteroatoms. The first-order valence-corrected chi connectivity index (χ1v) is 7.82. The van der Waals surface area contributed by atoms with Crippen molar-refractivity contribution in [2.75, 3.05) is 5.32 Å². The molecule has 1 N–H and O–H groups in total. The number of anilines is 1. The van der Waals surface area contributed by atoms with Crippen molar-refractivity contribution in [2.24, 2.45) is 0 Å². The summed E-state index contributed by atoms with van der Waals surface area (Å²) < 4.78 is 0. The largest absolute Gasteiger partial charge is 0.322 e. The molecular weight excluding hydrogens is 330 g/mol. The van der Waals surface area contributed by atoms with Gasteiger partial charge in [-0.15, -0.1) is 0 Å². The van der Waals surface area contributed by atoms with Crippen LogP contribution in [-0.4, -0.2) is 16.1 Å². The van der Waals surface area contributed by atoms with E-state index in [4.69, 9.17) is 0 Å². The highest BCUT2D eigenvalue weighted by atomic mass is 79.9. The fourth-order valence-corrected chi connectivity index (χ4v) is 2.52. The number of aryl methyl sites for hydroxylation is 2. The normalized spacial score (nSPS) is 12.0. The quantitative estimate of drug-likeness (QED) is 0.848. The number of nitrogens with zero attached hydrogens (tertiary/aromatic N) is 2. The van der Waals surface area contributed by atoms with E-state index >= 15 is 0 Å². The van der Waals surface area contributed by atoms with Crippen LogP contribution in [0.1, 0.15) is 46.0 Å². The number of amides is 1. The zero-order valence-corrected chi connectivity index (χ0v) is 13.9. The van der Waals surface area contributed by atoms with Crippen LogP contribution in [0.4, 0.5) is 5.69 Å². The molecule has 21 heavy (non-hydrogen) atoms. The first-order chi connectivity index (χ1) is 10.0. The van der Waals surface area contributed by atoms with E-state index in [0.29, 0.717) is 17.7 Å². The molecule has 1 unspecified atom stereocenters. The van der Waals surface area contributed by atoms with Crippen molar-refractivity contribution in [3.05, 3.63) is 52.8 Å². The molecule has 1 aromatic heterocycles. The average Bonchev–Trinajstić information content (AvgIpc) is 2.47. The Morgan fingerprint density at radius 1 is 1.33 bits per heavy atom. The molecule has 0 spiro atoms. The molecule has 1 aromatic carbocycles. The number of rotatable bonds is 4. The summed E-state index contributed by atoms with van der Waals surface area (Å²) in [4.78, 5) is 12.7. The zero-order valence-electron chi connectivity index (χ0n) is 12.4. The summed E-state index contributed by atoms with van der Waals surface area (Å²) in [6.45, 7) is 5.82. The Hall–Kier alpha value is -1.75. The van der Waals surface area contributed by atoms with Crippen molar-refractivity contribution in [1.29, 1.82) is 0 Å². The molecule has 0 fully saturated rings. The van der Waals surface area contributed by atoms with Crippen LogP contribution in [0.3, 0.4) is 0 Å². The third-order valence-corrected chi connectivity index (χ3v) is 3.70. The Morgan fingerprint density at radius 3 is 2.71 bits per heavy atom. The van der Waals surface area contributed by atoms with Crippen LogP contribution in [0.15, 0.2) is 30.3 Å². The maximum atomic E-state index is 12.5. The van der Waals surface area contributed by atoms with Gasteiger partial charge in [0.25, 0.3) is 5.91 Å². The first kappa shape index (κ1) is 15.6. The van der Waals surface area contributed by atoms with E-state index in [2.05, 4.69) is 31.4 Å². The Balaban J connectivity index is 2.33. The molecule has 2 aromatic rings. The lowest BCUT2D eigenvalue weighted by molar-refractivity contribution is 0.102. The van der Waals surface area contributed by atoms with Gasteiger partial charge in [0, 0.05) is 10.5 Å². The van der Waals surface area contributed by atoms with E-state index in [1.165, 1.54) is 0 Å². The van der Waals surface area contributed by atoms with E-state index < -0.39 is 0 Å². The molecule has 0 aliphatic rings. The summed E-state index contributed by atoms with van der Waals surface area (Å²) in [6, 6.07) is 9.54. The van der Waals surface area contributed by atoms with Gasteiger partial charge in [0.2, 0.25) is 0 Å². The third-order valence-electron chi connectivity index (χ3n) is 3.21. The molecule has 0 aliphatic carbocycles. The van der Waals surface area contributed by atoms with Crippen molar-refractivity contribution in [2.45, 2.75) is 32.0 Å². The molecule has 2 rings (SSSR count). The van der Waals surface area contributed by atoms with E-state index in [0.717, 1.165) is 16.9 Å². The van der Waals surface area contributed by atoms with E-state index in [-0.39, 0.29) is 10.7 Å². The number of carbonyl (C=O) groups excluding carboxylic acids is 1. The molecule has 0 radical (unpaired) electrons. The predicted octanol–water partition coefficient (Wildman–Crippen LogP) is 4.06. The Labute approximate surface area is 133 Å². The minimum atomic E-state index is -0.148. The SMILES string of the molecule is CCc1nnc(C)cc1C(=O)Nc1ccccc1C(C)Br. The lowest BCUT2D eigenvalue weighted by atomic mass is 10.1. The highest BCUT2D eigenvalue weighted by Gasteiger charge is 2.15. The highest BCUT2D eigenvalue weighted by Crippen LogP contribution is 2.29. The van der Waals surface area contributed by atoms with Crippen molar-refractivity contribution < 1.29 is 4.79 Å². The fraction of sp³-hybridized carbons (Fsp3) is 0.312. The maximum absolute atomic E-state index is 12.5. The van der Waals surface area contributed by atoms with Gasteiger partial charge < -0.3 is 5.32 Å². The number of hydrogen-bond acceptors (Lipinski definition) is 3. The molecule has 0 aliphatic heterocycles. The second-order valence-electron chi connectivity index (χ2n) is 4.86. The predicted molar refractivity (Wildman–Crippen MR) is 87.9 cm³/mol. The number of aromatic nitrogens is 2. The fourth-order valence-electron chi connectivity index (χ4n) is 2.12. The number of carbonyl (C=O) groups is 1. The van der Waals surface area contributed by atoms with Gasteiger partial charge in [-0.3, -0.25) is 4.79 Å². The molecule has 4 nitrogen and oxygen atoms in total. The lowest BCUT2D eigenvalue weighted by Crippen LogP contribution is -2.17. The van der Waals surface area contributed by atoms with Crippen LogP contribution in [-0.2, 0) is 6.42 Å². The standard InChI is InChI=1S/C16H18BrN3O/c1-4-14-13(9-10(2)19-20-14)16(21)18-15-8-6-5-7-12(15)11(3)17/h5-9,11H,4H2,1-3H3,(H,18,21). The molecule has 0 bridgehead atoms. The van der Waals surface area contributed by atoms with Crippen molar-refractivity contribution in [3.8, 4) is 0 Å². The molecule has 1 amide bonds. The number of hydrogen-bond donors (Lipinski definition) is 1. The monoisotopic (exact) mass is 347 g/mol. The van der Waals surface area contributed by atoms with Crippen LogP contribution in [0.2, 0.25) is 0 Å². The Kier molecular flexibility index (Phi) is 5.07. The van der Waals surface area contributed by atoms with E-state index in [1.807, 2.05) is 45.0 Å². The summed E-state index contributed by atoms with van der Waals surface area (Å²) >= 11 is 3.55. The first-order valence-electron chi connectivity index (χ1n) is 6.90. The number of benzene rings is 1. The van der Waals surface area contributed by atoms with E-state index in [1.54, 1.807) is 6.07 Å². The maximum Gasteiger partial charge on any atom is 0.257 e. The van der Waals surface area contributed by atoms with Gasteiger partial charge in [0.05, 0.1) is 17.0 Å². The minimum Gasteiger partial charge on any atom is -0.322 e. The van der Waals surface area contributed by atoms with Gasteiger partial charge in [-0.2, -0.15) is 10.2 Å².